The summed E-state index contributed by atoms with van der Waals surface area (Å²) in [6.45, 7) is 1.55. The van der Waals surface area contributed by atoms with Crippen molar-refractivity contribution in [2.45, 2.75) is 25.4 Å². The maximum Gasteiger partial charge on any atom is 0.237 e. The van der Waals surface area contributed by atoms with Crippen LogP contribution in [0.25, 0.3) is 10.9 Å². The van der Waals surface area contributed by atoms with Crippen molar-refractivity contribution < 1.29 is 13.9 Å². The number of fused-ring (bicyclic) bond motifs is 1. The van der Waals surface area contributed by atoms with Crippen molar-refractivity contribution in [3.63, 3.8) is 0 Å². The fraction of sp³-hybridized carbons (Fsp3) is 0.292. The minimum absolute atomic E-state index is 0.00854. The molecule has 1 aliphatic rings. The summed E-state index contributed by atoms with van der Waals surface area (Å²) in [5.41, 5.74) is 2.01. The van der Waals surface area contributed by atoms with Gasteiger partial charge in [-0.15, -0.1) is 6.42 Å². The molecule has 1 atom stereocenters. The van der Waals surface area contributed by atoms with E-state index in [-0.39, 0.29) is 23.5 Å². The molecule has 1 fully saturated rings. The van der Waals surface area contributed by atoms with Gasteiger partial charge in [-0.05, 0) is 43.7 Å². The largest absolute Gasteiger partial charge is 0.496 e. The number of hydrogen-bond acceptors (Lipinski definition) is 6. The first kappa shape index (κ1) is 22.8. The molecule has 0 radical (unpaired) electrons. The van der Waals surface area contributed by atoms with Crippen LogP contribution in [0, 0.1) is 18.2 Å². The molecule has 9 heteroatoms. The number of rotatable bonds is 7. The Morgan fingerprint density at radius 2 is 2.21 bits per heavy atom. The summed E-state index contributed by atoms with van der Waals surface area (Å²) in [5, 5.41) is 6.88. The van der Waals surface area contributed by atoms with Crippen LogP contribution in [0.1, 0.15) is 18.4 Å². The zero-order valence-corrected chi connectivity index (χ0v) is 18.8. The van der Waals surface area contributed by atoms with Crippen LogP contribution in [-0.2, 0) is 11.3 Å². The third kappa shape index (κ3) is 5.00. The number of halogens is 2. The summed E-state index contributed by atoms with van der Waals surface area (Å²) in [7, 11) is 1.57. The van der Waals surface area contributed by atoms with Crippen molar-refractivity contribution in [1.29, 1.82) is 0 Å². The van der Waals surface area contributed by atoms with Crippen molar-refractivity contribution >= 4 is 39.9 Å². The molecule has 3 aromatic rings. The number of methoxy groups -OCH3 is 1. The van der Waals surface area contributed by atoms with Gasteiger partial charge in [0.25, 0.3) is 0 Å². The standard InChI is InChI=1S/C24H23ClFN5O2/c1-3-8-31-9-4-5-21(31)24(32)27-13-15-10-17-20(12-22(15)33-2)28-14-29-23(17)30-16-6-7-19(26)18(25)11-16/h1,6-7,10-12,14,21H,4-5,8-9,13H2,2H3,(H,27,32)(H,28,29,30)/t21-/m1/s1. The smallest absolute Gasteiger partial charge is 0.237 e. The summed E-state index contributed by atoms with van der Waals surface area (Å²) >= 11 is 5.90. The number of ether oxygens (including phenoxy) is 1. The first-order valence-electron chi connectivity index (χ1n) is 10.5. The lowest BCUT2D eigenvalue weighted by molar-refractivity contribution is -0.125. The second-order valence-electron chi connectivity index (χ2n) is 7.71. The minimum Gasteiger partial charge on any atom is -0.496 e. The van der Waals surface area contributed by atoms with Crippen LogP contribution in [0.4, 0.5) is 15.9 Å². The lowest BCUT2D eigenvalue weighted by atomic mass is 10.1. The second kappa shape index (κ2) is 10.0. The van der Waals surface area contributed by atoms with E-state index in [2.05, 4.69) is 26.5 Å². The molecule has 1 saturated heterocycles. The quantitative estimate of drug-likeness (QED) is 0.513. The number of carbonyl (C=O) groups is 1. The molecular weight excluding hydrogens is 445 g/mol. The maximum absolute atomic E-state index is 13.5. The number of carbonyl (C=O) groups excluding carboxylic acids is 1. The Kier molecular flexibility index (Phi) is 6.92. The number of nitrogens with zero attached hydrogens (tertiary/aromatic N) is 3. The first-order valence-corrected chi connectivity index (χ1v) is 10.9. The van der Waals surface area contributed by atoms with Crippen LogP contribution in [-0.4, -0.2) is 47.0 Å². The van der Waals surface area contributed by atoms with E-state index in [4.69, 9.17) is 22.8 Å². The molecule has 7 nitrogen and oxygen atoms in total. The van der Waals surface area contributed by atoms with Crippen LogP contribution >= 0.6 is 11.6 Å². The average Bonchev–Trinajstić information content (AvgIpc) is 3.28. The molecule has 33 heavy (non-hydrogen) atoms. The third-order valence-corrected chi connectivity index (χ3v) is 5.92. The second-order valence-corrected chi connectivity index (χ2v) is 8.11. The molecule has 0 bridgehead atoms. The zero-order valence-electron chi connectivity index (χ0n) is 18.1. The summed E-state index contributed by atoms with van der Waals surface area (Å²) in [4.78, 5) is 23.5. The van der Waals surface area contributed by atoms with Crippen molar-refractivity contribution in [3.8, 4) is 18.1 Å². The van der Waals surface area contributed by atoms with Gasteiger partial charge in [0, 0.05) is 29.2 Å². The third-order valence-electron chi connectivity index (χ3n) is 5.63. The Morgan fingerprint density at radius 1 is 1.36 bits per heavy atom. The van der Waals surface area contributed by atoms with Crippen LogP contribution in [0.5, 0.6) is 5.75 Å². The van der Waals surface area contributed by atoms with Crippen molar-refractivity contribution in [2.24, 2.45) is 0 Å². The highest BCUT2D eigenvalue weighted by Gasteiger charge is 2.29. The number of nitrogens with one attached hydrogen (secondary N) is 2. The van der Waals surface area contributed by atoms with Gasteiger partial charge in [0.15, 0.2) is 0 Å². The molecule has 1 amide bonds. The van der Waals surface area contributed by atoms with Gasteiger partial charge in [-0.1, -0.05) is 17.5 Å². The van der Waals surface area contributed by atoms with Gasteiger partial charge in [-0.2, -0.15) is 0 Å². The summed E-state index contributed by atoms with van der Waals surface area (Å²) in [6, 6.07) is 7.78. The molecule has 1 aliphatic heterocycles. The molecule has 170 valence electrons. The fourth-order valence-corrected chi connectivity index (χ4v) is 4.18. The molecular formula is C24H23ClFN5O2. The zero-order chi connectivity index (χ0) is 23.4. The van der Waals surface area contributed by atoms with Crippen LogP contribution < -0.4 is 15.4 Å². The lowest BCUT2D eigenvalue weighted by Gasteiger charge is -2.21. The number of anilines is 2. The number of benzene rings is 2. The first-order chi connectivity index (χ1) is 16.0. The van der Waals surface area contributed by atoms with E-state index in [0.29, 0.717) is 29.3 Å². The summed E-state index contributed by atoms with van der Waals surface area (Å²) in [5.74, 6) is 3.18. The number of likely N-dealkylation sites (tertiary alicyclic amines) is 1. The van der Waals surface area contributed by atoms with Gasteiger partial charge in [0.1, 0.15) is 23.7 Å². The average molecular weight is 468 g/mol. The van der Waals surface area contributed by atoms with E-state index in [9.17, 15) is 9.18 Å². The van der Waals surface area contributed by atoms with Crippen molar-refractivity contribution in [2.75, 3.05) is 25.5 Å². The number of hydrogen-bond donors (Lipinski definition) is 2. The van der Waals surface area contributed by atoms with Gasteiger partial charge >= 0.3 is 0 Å². The van der Waals surface area contributed by atoms with Gasteiger partial charge in [0.2, 0.25) is 5.91 Å². The molecule has 0 aliphatic carbocycles. The molecule has 2 heterocycles. The van der Waals surface area contributed by atoms with E-state index >= 15 is 0 Å². The van der Waals surface area contributed by atoms with Crippen LogP contribution in [0.2, 0.25) is 5.02 Å². The minimum atomic E-state index is -0.499. The SMILES string of the molecule is C#CCN1CCC[C@@H]1C(=O)NCc1cc2c(Nc3ccc(F)c(Cl)c3)ncnc2cc1OC. The topological polar surface area (TPSA) is 79.4 Å². The molecule has 0 saturated carbocycles. The molecule has 4 rings (SSSR count). The van der Waals surface area contributed by atoms with Crippen molar-refractivity contribution in [3.05, 3.63) is 53.1 Å². The molecule has 2 N–H and O–H groups in total. The predicted molar refractivity (Wildman–Crippen MR) is 126 cm³/mol. The highest BCUT2D eigenvalue weighted by molar-refractivity contribution is 6.31. The van der Waals surface area contributed by atoms with E-state index in [1.807, 2.05) is 11.0 Å². The van der Waals surface area contributed by atoms with E-state index in [0.717, 1.165) is 30.3 Å². The lowest BCUT2D eigenvalue weighted by Crippen LogP contribution is -2.43. The molecule has 1 aromatic heterocycles. The predicted octanol–water partition coefficient (Wildman–Crippen LogP) is 3.89. The molecule has 0 spiro atoms. The van der Waals surface area contributed by atoms with Crippen LogP contribution in [0.15, 0.2) is 36.7 Å². The Labute approximate surface area is 196 Å². The number of aromatic nitrogens is 2. The van der Waals surface area contributed by atoms with Crippen LogP contribution in [0.3, 0.4) is 0 Å². The van der Waals surface area contributed by atoms with Gasteiger partial charge in [-0.3, -0.25) is 9.69 Å². The number of terminal acetylenes is 1. The Morgan fingerprint density at radius 3 is 2.97 bits per heavy atom. The molecule has 2 aromatic carbocycles. The molecule has 0 unspecified atom stereocenters. The normalized spacial score (nSPS) is 15.9. The highest BCUT2D eigenvalue weighted by atomic mass is 35.5. The Hall–Kier alpha value is -3.41. The van der Waals surface area contributed by atoms with Gasteiger partial charge in [-0.25, -0.2) is 14.4 Å². The van der Waals surface area contributed by atoms with E-state index < -0.39 is 5.82 Å². The number of amides is 1. The summed E-state index contributed by atoms with van der Waals surface area (Å²) in [6.07, 6.45) is 8.58. The monoisotopic (exact) mass is 467 g/mol. The van der Waals surface area contributed by atoms with E-state index in [1.54, 1.807) is 19.2 Å². The van der Waals surface area contributed by atoms with Crippen molar-refractivity contribution in [1.82, 2.24) is 20.2 Å². The van der Waals surface area contributed by atoms with Gasteiger partial charge in [0.05, 0.1) is 30.2 Å². The summed E-state index contributed by atoms with van der Waals surface area (Å²) < 4.78 is 19.0. The van der Waals surface area contributed by atoms with E-state index in [1.165, 1.54) is 18.5 Å². The fourth-order valence-electron chi connectivity index (χ4n) is 4.00. The Bertz CT molecular complexity index is 1230. The maximum atomic E-state index is 13.5. The highest BCUT2D eigenvalue weighted by Crippen LogP contribution is 2.30. The Balaban J connectivity index is 1.59. The van der Waals surface area contributed by atoms with Gasteiger partial charge < -0.3 is 15.4 Å².